The van der Waals surface area contributed by atoms with Crippen molar-refractivity contribution in [3.8, 4) is 5.75 Å². The molecule has 1 aromatic carbocycles. The first kappa shape index (κ1) is 21.9. The van der Waals surface area contributed by atoms with Crippen molar-refractivity contribution in [2.75, 3.05) is 26.7 Å². The summed E-state index contributed by atoms with van der Waals surface area (Å²) in [5.41, 5.74) is 0.486. The summed E-state index contributed by atoms with van der Waals surface area (Å²) in [5.74, 6) is 0.994. The fourth-order valence-corrected chi connectivity index (χ4v) is 3.75. The van der Waals surface area contributed by atoms with E-state index in [1.807, 2.05) is 26.0 Å². The first-order valence-corrected chi connectivity index (χ1v) is 10.5. The van der Waals surface area contributed by atoms with Crippen LogP contribution in [0, 0.1) is 5.92 Å². The van der Waals surface area contributed by atoms with Crippen molar-refractivity contribution in [3.05, 3.63) is 54.0 Å². The highest BCUT2D eigenvalue weighted by Gasteiger charge is 2.29. The normalized spacial score (nSPS) is 16.3. The summed E-state index contributed by atoms with van der Waals surface area (Å²) in [4.78, 5) is 27.9. The van der Waals surface area contributed by atoms with Gasteiger partial charge >= 0.3 is 0 Å². The molecule has 0 unspecified atom stereocenters. The third-order valence-corrected chi connectivity index (χ3v) is 5.51. The van der Waals surface area contributed by atoms with Crippen LogP contribution in [0.25, 0.3) is 0 Å². The highest BCUT2D eigenvalue weighted by molar-refractivity contribution is 5.97. The lowest BCUT2D eigenvalue weighted by atomic mass is 10.0. The number of rotatable bonds is 9. The molecule has 0 aliphatic carbocycles. The van der Waals surface area contributed by atoms with E-state index < -0.39 is 6.04 Å². The topological polar surface area (TPSA) is 83.8 Å². The number of nitrogens with zero attached hydrogens (tertiary/aromatic N) is 1. The van der Waals surface area contributed by atoms with E-state index in [0.717, 1.165) is 31.7 Å². The number of nitrogens with one attached hydrogen (secondary N) is 2. The number of likely N-dealkylation sites (tertiary alicyclic amines) is 1. The van der Waals surface area contributed by atoms with Gasteiger partial charge in [0.1, 0.15) is 17.6 Å². The lowest BCUT2D eigenvalue weighted by molar-refractivity contribution is -0.124. The molecule has 30 heavy (non-hydrogen) atoms. The van der Waals surface area contributed by atoms with E-state index >= 15 is 0 Å². The Hall–Kier alpha value is -2.80. The van der Waals surface area contributed by atoms with Crippen molar-refractivity contribution in [2.24, 2.45) is 5.92 Å². The van der Waals surface area contributed by atoms with E-state index in [9.17, 15) is 9.59 Å². The molecule has 162 valence electrons. The van der Waals surface area contributed by atoms with Crippen molar-refractivity contribution < 1.29 is 18.7 Å². The van der Waals surface area contributed by atoms with Crippen molar-refractivity contribution >= 4 is 11.8 Å². The molecule has 2 amide bonds. The maximum absolute atomic E-state index is 12.9. The molecule has 1 aliphatic heterocycles. The van der Waals surface area contributed by atoms with Crippen LogP contribution in [0.15, 0.2) is 47.1 Å². The van der Waals surface area contributed by atoms with Gasteiger partial charge in [-0.05, 0) is 68.2 Å². The monoisotopic (exact) mass is 413 g/mol. The van der Waals surface area contributed by atoms with Gasteiger partial charge in [0.15, 0.2) is 0 Å². The smallest absolute Gasteiger partial charge is 0.251 e. The van der Waals surface area contributed by atoms with Crippen molar-refractivity contribution in [3.63, 3.8) is 0 Å². The number of hydrogen-bond donors (Lipinski definition) is 2. The Morgan fingerprint density at radius 1 is 1.13 bits per heavy atom. The van der Waals surface area contributed by atoms with Gasteiger partial charge < -0.3 is 19.8 Å². The number of carbonyl (C=O) groups is 2. The largest absolute Gasteiger partial charge is 0.497 e. The molecule has 0 spiro atoms. The first-order chi connectivity index (χ1) is 14.5. The second-order valence-electron chi connectivity index (χ2n) is 7.94. The molecular weight excluding hydrogens is 382 g/mol. The summed E-state index contributed by atoms with van der Waals surface area (Å²) in [5, 5.41) is 5.90. The van der Waals surface area contributed by atoms with Crippen LogP contribution in [0.3, 0.4) is 0 Å². The van der Waals surface area contributed by atoms with Gasteiger partial charge in [-0.3, -0.25) is 14.5 Å². The SMILES string of the molecule is COc1ccc(C(=O)N[C@H](C(=O)NC[C@@H](c2ccco2)N2CCCC2)C(C)C)cc1. The Balaban J connectivity index is 1.63. The van der Waals surface area contributed by atoms with Gasteiger partial charge in [-0.1, -0.05) is 13.8 Å². The minimum absolute atomic E-state index is 0.00319. The van der Waals surface area contributed by atoms with E-state index in [1.54, 1.807) is 37.6 Å². The lowest BCUT2D eigenvalue weighted by Crippen LogP contribution is -2.51. The second-order valence-corrected chi connectivity index (χ2v) is 7.94. The van der Waals surface area contributed by atoms with E-state index in [2.05, 4.69) is 15.5 Å². The number of carbonyl (C=O) groups excluding carboxylic acids is 2. The third-order valence-electron chi connectivity index (χ3n) is 5.51. The van der Waals surface area contributed by atoms with Crippen LogP contribution in [-0.2, 0) is 4.79 Å². The van der Waals surface area contributed by atoms with Crippen LogP contribution in [-0.4, -0.2) is 49.5 Å². The van der Waals surface area contributed by atoms with Gasteiger partial charge in [0.2, 0.25) is 5.91 Å². The molecule has 1 saturated heterocycles. The van der Waals surface area contributed by atoms with Crippen LogP contribution in [0.1, 0.15) is 48.8 Å². The number of ether oxygens (including phenoxy) is 1. The Kier molecular flexibility index (Phi) is 7.52. The zero-order valence-corrected chi connectivity index (χ0v) is 17.9. The van der Waals surface area contributed by atoms with Gasteiger partial charge in [-0.2, -0.15) is 0 Å². The van der Waals surface area contributed by atoms with Crippen LogP contribution in [0.2, 0.25) is 0 Å². The molecule has 7 heteroatoms. The summed E-state index contributed by atoms with van der Waals surface area (Å²) in [6, 6.07) is 10.00. The molecule has 3 rings (SSSR count). The summed E-state index contributed by atoms with van der Waals surface area (Å²) >= 11 is 0. The fraction of sp³-hybridized carbons (Fsp3) is 0.478. The standard InChI is InChI=1S/C23H31N3O4/c1-16(2)21(25-22(27)17-8-10-18(29-3)11-9-17)23(28)24-15-19(20-7-6-14-30-20)26-12-4-5-13-26/h6-11,14,16,19,21H,4-5,12-13,15H2,1-3H3,(H,24,28)(H,25,27)/t19-,21-/m0/s1. The minimum atomic E-state index is -0.629. The van der Waals surface area contributed by atoms with Crippen LogP contribution < -0.4 is 15.4 Å². The van der Waals surface area contributed by atoms with Crippen LogP contribution in [0.4, 0.5) is 0 Å². The summed E-state index contributed by atoms with van der Waals surface area (Å²) in [6.45, 7) is 6.26. The first-order valence-electron chi connectivity index (χ1n) is 10.5. The molecule has 1 aromatic heterocycles. The molecule has 2 N–H and O–H groups in total. The Bertz CT molecular complexity index is 811. The predicted octanol–water partition coefficient (Wildman–Crippen LogP) is 3.00. The van der Waals surface area contributed by atoms with Crippen LogP contribution >= 0.6 is 0 Å². The predicted molar refractivity (Wildman–Crippen MR) is 114 cm³/mol. The zero-order valence-electron chi connectivity index (χ0n) is 17.9. The van der Waals surface area contributed by atoms with E-state index in [4.69, 9.17) is 9.15 Å². The van der Waals surface area contributed by atoms with Gasteiger partial charge in [-0.25, -0.2) is 0 Å². The Labute approximate surface area is 177 Å². The van der Waals surface area contributed by atoms with Crippen LogP contribution in [0.5, 0.6) is 5.75 Å². The van der Waals surface area contributed by atoms with Gasteiger partial charge in [-0.15, -0.1) is 0 Å². The van der Waals surface area contributed by atoms with Gasteiger partial charge in [0.05, 0.1) is 19.4 Å². The maximum Gasteiger partial charge on any atom is 0.251 e. The second kappa shape index (κ2) is 10.3. The van der Waals surface area contributed by atoms with Crippen molar-refractivity contribution in [2.45, 2.75) is 38.8 Å². The molecule has 0 bridgehead atoms. The average molecular weight is 414 g/mol. The Morgan fingerprint density at radius 2 is 1.83 bits per heavy atom. The Morgan fingerprint density at radius 3 is 2.40 bits per heavy atom. The highest BCUT2D eigenvalue weighted by Crippen LogP contribution is 2.25. The van der Waals surface area contributed by atoms with Gasteiger partial charge in [0, 0.05) is 12.1 Å². The summed E-state index contributed by atoms with van der Waals surface area (Å²) < 4.78 is 10.7. The maximum atomic E-state index is 12.9. The van der Waals surface area contributed by atoms with Crippen molar-refractivity contribution in [1.82, 2.24) is 15.5 Å². The molecule has 1 aliphatic rings. The average Bonchev–Trinajstić information content (AvgIpc) is 3.46. The fourth-order valence-electron chi connectivity index (χ4n) is 3.75. The lowest BCUT2D eigenvalue weighted by Gasteiger charge is -2.28. The molecule has 7 nitrogen and oxygen atoms in total. The molecule has 1 fully saturated rings. The molecule has 2 heterocycles. The third kappa shape index (κ3) is 5.42. The summed E-state index contributed by atoms with van der Waals surface area (Å²) in [6.07, 6.45) is 3.96. The molecule has 0 radical (unpaired) electrons. The molecular formula is C23H31N3O4. The molecule has 2 atom stereocenters. The number of methoxy groups -OCH3 is 1. The van der Waals surface area contributed by atoms with E-state index in [1.165, 1.54) is 0 Å². The number of amides is 2. The minimum Gasteiger partial charge on any atom is -0.497 e. The quantitative estimate of drug-likeness (QED) is 0.660. The van der Waals surface area contributed by atoms with Crippen molar-refractivity contribution in [1.29, 1.82) is 0 Å². The summed E-state index contributed by atoms with van der Waals surface area (Å²) in [7, 11) is 1.58. The number of furan rings is 1. The highest BCUT2D eigenvalue weighted by atomic mass is 16.5. The van der Waals surface area contributed by atoms with E-state index in [-0.39, 0.29) is 23.8 Å². The number of benzene rings is 1. The zero-order chi connectivity index (χ0) is 21.5. The van der Waals surface area contributed by atoms with E-state index in [0.29, 0.717) is 17.9 Å². The molecule has 0 saturated carbocycles. The molecule has 2 aromatic rings. The van der Waals surface area contributed by atoms with Gasteiger partial charge in [0.25, 0.3) is 5.91 Å². The number of hydrogen-bond acceptors (Lipinski definition) is 5.